The number of hydrogen-bond donors (Lipinski definition) is 2. The summed E-state index contributed by atoms with van der Waals surface area (Å²) in [6, 6.07) is 0. The molecule has 4 rings (SSSR count). The van der Waals surface area contributed by atoms with E-state index in [9.17, 15) is 19.8 Å². The number of fused-ring (bicyclic) bond motifs is 5. The van der Waals surface area contributed by atoms with Crippen LogP contribution in [0, 0.1) is 22.7 Å². The average molecular weight is 379 g/mol. The number of Topliss-reactive ketones (excluding diaryl/α,β-unsaturated/α-hetero) is 1. The van der Waals surface area contributed by atoms with E-state index >= 15 is 0 Å². The second kappa shape index (κ2) is 5.76. The highest BCUT2D eigenvalue weighted by molar-refractivity contribution is 6.29. The van der Waals surface area contributed by atoms with Crippen LogP contribution in [0.25, 0.3) is 0 Å². The van der Waals surface area contributed by atoms with Crippen LogP contribution < -0.4 is 0 Å². The van der Waals surface area contributed by atoms with Crippen LogP contribution in [-0.2, 0) is 9.59 Å². The molecule has 2 N–H and O–H groups in total. The van der Waals surface area contributed by atoms with E-state index in [1.54, 1.807) is 0 Å². The van der Waals surface area contributed by atoms with Crippen molar-refractivity contribution in [1.82, 2.24) is 0 Å². The second-order valence-electron chi connectivity index (χ2n) is 9.08. The molecule has 4 aliphatic rings. The number of alkyl halides is 1. The molecular formula is C21H27ClO4. The van der Waals surface area contributed by atoms with Crippen LogP contribution >= 0.6 is 11.6 Å². The fourth-order valence-corrected chi connectivity index (χ4v) is 6.69. The minimum absolute atomic E-state index is 0.0469. The third-order valence-corrected chi connectivity index (χ3v) is 8.35. The molecule has 5 heteroatoms. The highest BCUT2D eigenvalue weighted by Crippen LogP contribution is 2.65. The summed E-state index contributed by atoms with van der Waals surface area (Å²) in [6.45, 7) is 4.16. The first-order chi connectivity index (χ1) is 12.2. The van der Waals surface area contributed by atoms with Crippen molar-refractivity contribution in [3.8, 4) is 0 Å². The van der Waals surface area contributed by atoms with Gasteiger partial charge >= 0.3 is 0 Å². The van der Waals surface area contributed by atoms with E-state index in [1.807, 2.05) is 13.0 Å². The Hall–Kier alpha value is -0.970. The second-order valence-corrected chi connectivity index (χ2v) is 9.34. The lowest BCUT2D eigenvalue weighted by Crippen LogP contribution is -2.59. The van der Waals surface area contributed by atoms with Gasteiger partial charge in [0, 0.05) is 17.3 Å². The Morgan fingerprint density at radius 1 is 1.35 bits per heavy atom. The molecular weight excluding hydrogens is 352 g/mol. The van der Waals surface area contributed by atoms with Gasteiger partial charge in [0.15, 0.2) is 17.2 Å². The van der Waals surface area contributed by atoms with Crippen molar-refractivity contribution in [2.24, 2.45) is 22.7 Å². The number of ketones is 2. The monoisotopic (exact) mass is 378 g/mol. The summed E-state index contributed by atoms with van der Waals surface area (Å²) in [5.41, 5.74) is 0.000814. The molecule has 4 nitrogen and oxygen atoms in total. The molecule has 0 unspecified atom stereocenters. The standard InChI is InChI=1S/C21H27ClO4/c1-19-7-5-13(23)9-12(19)3-4-14-15(19)6-8-20(2)16(14)10-17(24)21(20,26)18(25)11-22/h6,9,14,16-17,24,26H,3-5,7-8,10-11H2,1-2H3/t14-,16+,17-,19+,20+,21+/m1/s1. The number of carbonyl (C=O) groups excluding carboxylic acids is 2. The Balaban J connectivity index is 1.78. The van der Waals surface area contributed by atoms with Crippen molar-refractivity contribution >= 4 is 23.2 Å². The van der Waals surface area contributed by atoms with Crippen LogP contribution in [0.3, 0.4) is 0 Å². The van der Waals surface area contributed by atoms with E-state index in [2.05, 4.69) is 13.0 Å². The summed E-state index contributed by atoms with van der Waals surface area (Å²) in [4.78, 5) is 24.4. The van der Waals surface area contributed by atoms with Crippen molar-refractivity contribution in [2.75, 3.05) is 5.88 Å². The van der Waals surface area contributed by atoms with Crippen molar-refractivity contribution in [1.29, 1.82) is 0 Å². The number of hydrogen-bond acceptors (Lipinski definition) is 4. The maximum atomic E-state index is 12.5. The fourth-order valence-electron chi connectivity index (χ4n) is 6.49. The van der Waals surface area contributed by atoms with E-state index in [0.29, 0.717) is 19.3 Å². The van der Waals surface area contributed by atoms with Crippen LogP contribution in [0.15, 0.2) is 23.3 Å². The van der Waals surface area contributed by atoms with Gasteiger partial charge in [-0.3, -0.25) is 9.59 Å². The van der Waals surface area contributed by atoms with Gasteiger partial charge in [-0.2, -0.15) is 0 Å². The van der Waals surface area contributed by atoms with E-state index in [1.165, 1.54) is 11.1 Å². The SMILES string of the molecule is C[C@]12CCC(=O)C=C1CC[C@@H]1C2=CC[C@@]2(C)[C@H]1C[C@@H](O)[C@]2(O)C(=O)CCl. The Bertz CT molecular complexity index is 740. The minimum Gasteiger partial charge on any atom is -0.390 e. The fraction of sp³-hybridized carbons (Fsp3) is 0.714. The van der Waals surface area contributed by atoms with E-state index in [0.717, 1.165) is 19.3 Å². The van der Waals surface area contributed by atoms with Gasteiger partial charge in [0.25, 0.3) is 0 Å². The summed E-state index contributed by atoms with van der Waals surface area (Å²) < 4.78 is 0. The van der Waals surface area contributed by atoms with Crippen molar-refractivity contribution in [2.45, 2.75) is 64.1 Å². The van der Waals surface area contributed by atoms with Gasteiger partial charge in [-0.15, -0.1) is 11.6 Å². The van der Waals surface area contributed by atoms with E-state index in [4.69, 9.17) is 11.6 Å². The number of allylic oxidation sites excluding steroid dienone is 4. The van der Waals surface area contributed by atoms with Crippen LogP contribution in [0.2, 0.25) is 0 Å². The van der Waals surface area contributed by atoms with Gasteiger partial charge in [-0.1, -0.05) is 31.1 Å². The molecule has 0 aromatic carbocycles. The van der Waals surface area contributed by atoms with Gasteiger partial charge < -0.3 is 10.2 Å². The number of carbonyl (C=O) groups is 2. The molecule has 6 atom stereocenters. The van der Waals surface area contributed by atoms with Crippen molar-refractivity contribution < 1.29 is 19.8 Å². The first kappa shape index (κ1) is 18.4. The van der Waals surface area contributed by atoms with Gasteiger partial charge in [0.05, 0.1) is 12.0 Å². The van der Waals surface area contributed by atoms with Crippen molar-refractivity contribution in [3.63, 3.8) is 0 Å². The summed E-state index contributed by atoms with van der Waals surface area (Å²) in [7, 11) is 0. The lowest BCUT2D eigenvalue weighted by Gasteiger charge is -2.54. The quantitative estimate of drug-likeness (QED) is 0.572. The highest BCUT2D eigenvalue weighted by atomic mass is 35.5. The van der Waals surface area contributed by atoms with Crippen LogP contribution in [0.5, 0.6) is 0 Å². The molecule has 0 spiro atoms. The van der Waals surface area contributed by atoms with Gasteiger partial charge in [-0.25, -0.2) is 0 Å². The molecule has 2 fully saturated rings. The maximum Gasteiger partial charge on any atom is 0.182 e. The van der Waals surface area contributed by atoms with E-state index < -0.39 is 22.9 Å². The molecule has 0 radical (unpaired) electrons. The molecule has 142 valence electrons. The zero-order valence-corrected chi connectivity index (χ0v) is 16.2. The molecule has 0 aromatic rings. The molecule has 0 aromatic heterocycles. The lowest BCUT2D eigenvalue weighted by molar-refractivity contribution is -0.164. The minimum atomic E-state index is -1.78. The molecule has 26 heavy (non-hydrogen) atoms. The van der Waals surface area contributed by atoms with Gasteiger partial charge in [0.2, 0.25) is 0 Å². The Morgan fingerprint density at radius 3 is 2.77 bits per heavy atom. The predicted octanol–water partition coefficient (Wildman–Crippen LogP) is 2.95. The van der Waals surface area contributed by atoms with Crippen molar-refractivity contribution in [3.05, 3.63) is 23.3 Å². The maximum absolute atomic E-state index is 12.5. The first-order valence-electron chi connectivity index (χ1n) is 9.62. The molecule has 4 aliphatic carbocycles. The highest BCUT2D eigenvalue weighted by Gasteiger charge is 2.68. The van der Waals surface area contributed by atoms with Crippen LogP contribution in [0.4, 0.5) is 0 Å². The molecule has 0 aliphatic heterocycles. The number of halogens is 1. The third-order valence-electron chi connectivity index (χ3n) is 8.10. The summed E-state index contributed by atoms with van der Waals surface area (Å²) in [5.74, 6) is -0.263. The topological polar surface area (TPSA) is 74.6 Å². The molecule has 0 bridgehead atoms. The zero-order chi connectivity index (χ0) is 18.9. The molecule has 0 saturated heterocycles. The van der Waals surface area contributed by atoms with Crippen LogP contribution in [-0.4, -0.2) is 39.4 Å². The molecule has 0 heterocycles. The number of aliphatic hydroxyl groups excluding tert-OH is 1. The van der Waals surface area contributed by atoms with Crippen LogP contribution in [0.1, 0.15) is 52.4 Å². The summed E-state index contributed by atoms with van der Waals surface area (Å²) in [6.07, 6.45) is 7.10. The summed E-state index contributed by atoms with van der Waals surface area (Å²) in [5, 5.41) is 21.9. The smallest absolute Gasteiger partial charge is 0.182 e. The Labute approximate surface area is 159 Å². The number of aliphatic hydroxyl groups is 2. The van der Waals surface area contributed by atoms with Gasteiger partial charge in [-0.05, 0) is 50.0 Å². The predicted molar refractivity (Wildman–Crippen MR) is 98.8 cm³/mol. The molecule has 2 saturated carbocycles. The summed E-state index contributed by atoms with van der Waals surface area (Å²) >= 11 is 5.77. The zero-order valence-electron chi connectivity index (χ0n) is 15.4. The van der Waals surface area contributed by atoms with Gasteiger partial charge in [0.1, 0.15) is 0 Å². The van der Waals surface area contributed by atoms with E-state index in [-0.39, 0.29) is 28.9 Å². The first-order valence-corrected chi connectivity index (χ1v) is 10.2. The normalized spacial score (nSPS) is 47.4. The Morgan fingerprint density at radius 2 is 2.08 bits per heavy atom. The Kier molecular flexibility index (Phi) is 4.08. The number of rotatable bonds is 2. The molecule has 0 amide bonds. The average Bonchev–Trinajstić information content (AvgIpc) is 2.83. The largest absolute Gasteiger partial charge is 0.390 e. The third kappa shape index (κ3) is 2.10. The lowest BCUT2D eigenvalue weighted by atomic mass is 9.50.